The summed E-state index contributed by atoms with van der Waals surface area (Å²) in [7, 11) is 1.60. The Hall–Kier alpha value is -0.780. The maximum absolute atomic E-state index is 11.7. The summed E-state index contributed by atoms with van der Waals surface area (Å²) >= 11 is 0. The van der Waals surface area contributed by atoms with Crippen LogP contribution in [0.25, 0.3) is 0 Å². The Balaban J connectivity index is 3.28. The molecule has 0 rings (SSSR count). The summed E-state index contributed by atoms with van der Waals surface area (Å²) in [4.78, 5) is 10.3. The molecule has 0 unspecified atom stereocenters. The molecule has 1 amide bonds. The number of nitrogens with one attached hydrogen (secondary N) is 1. The van der Waals surface area contributed by atoms with E-state index in [1.165, 1.54) is 0 Å². The van der Waals surface area contributed by atoms with Gasteiger partial charge in [-0.05, 0) is 12.8 Å². The van der Waals surface area contributed by atoms with E-state index in [0.717, 1.165) is 19.3 Å². The molecule has 0 aromatic heterocycles. The van der Waals surface area contributed by atoms with Crippen LogP contribution in [0.4, 0.5) is 13.2 Å². The summed E-state index contributed by atoms with van der Waals surface area (Å²) in [6.07, 6.45) is -1.62. The van der Waals surface area contributed by atoms with Crippen molar-refractivity contribution in [2.45, 2.75) is 31.9 Å². The zero-order valence-corrected chi connectivity index (χ0v) is 8.69. The molecule has 0 saturated heterocycles. The number of methoxy groups -OCH3 is 1. The molecular formula is C9H16F3NO2. The fourth-order valence-corrected chi connectivity index (χ4v) is 1.03. The van der Waals surface area contributed by atoms with Crippen molar-refractivity contribution >= 4 is 5.91 Å². The highest BCUT2D eigenvalue weighted by molar-refractivity contribution is 5.81. The number of hydrogen-bond acceptors (Lipinski definition) is 2. The Bertz CT molecular complexity index is 183. The van der Waals surface area contributed by atoms with Gasteiger partial charge in [-0.3, -0.25) is 4.79 Å². The number of amides is 1. The van der Waals surface area contributed by atoms with Crippen molar-refractivity contribution in [1.82, 2.24) is 5.32 Å². The average molecular weight is 227 g/mol. The lowest BCUT2D eigenvalue weighted by molar-refractivity contribution is -0.173. The highest BCUT2D eigenvalue weighted by Gasteiger charge is 2.37. The van der Waals surface area contributed by atoms with Gasteiger partial charge in [0.1, 0.15) is 0 Å². The van der Waals surface area contributed by atoms with Crippen molar-refractivity contribution in [2.24, 2.45) is 0 Å². The van der Waals surface area contributed by atoms with E-state index in [-0.39, 0.29) is 6.54 Å². The van der Waals surface area contributed by atoms with Gasteiger partial charge in [-0.2, -0.15) is 13.2 Å². The van der Waals surface area contributed by atoms with E-state index in [1.807, 2.05) is 5.32 Å². The minimum atomic E-state index is -4.77. The van der Waals surface area contributed by atoms with Crippen LogP contribution in [0.2, 0.25) is 0 Å². The third-order valence-electron chi connectivity index (χ3n) is 1.82. The highest BCUT2D eigenvalue weighted by atomic mass is 19.4. The van der Waals surface area contributed by atoms with Gasteiger partial charge in [-0.25, -0.2) is 0 Å². The molecule has 15 heavy (non-hydrogen) atoms. The Morgan fingerprint density at radius 3 is 2.33 bits per heavy atom. The van der Waals surface area contributed by atoms with Crippen LogP contribution < -0.4 is 5.32 Å². The molecule has 0 radical (unpaired) electrons. The summed E-state index contributed by atoms with van der Waals surface area (Å²) < 4.78 is 39.9. The van der Waals surface area contributed by atoms with E-state index < -0.39 is 12.1 Å². The first kappa shape index (κ1) is 14.2. The quantitative estimate of drug-likeness (QED) is 0.674. The lowest BCUT2D eigenvalue weighted by Crippen LogP contribution is -2.37. The largest absolute Gasteiger partial charge is 0.471 e. The molecule has 0 heterocycles. The molecule has 0 aromatic carbocycles. The van der Waals surface area contributed by atoms with Crippen LogP contribution in [-0.4, -0.2) is 32.3 Å². The maximum Gasteiger partial charge on any atom is 0.471 e. The second kappa shape index (κ2) is 7.50. The van der Waals surface area contributed by atoms with Gasteiger partial charge in [0, 0.05) is 20.3 Å². The number of carbonyl (C=O) groups is 1. The monoisotopic (exact) mass is 227 g/mol. The van der Waals surface area contributed by atoms with Crippen LogP contribution in [0, 0.1) is 0 Å². The van der Waals surface area contributed by atoms with E-state index in [9.17, 15) is 18.0 Å². The normalized spacial score (nSPS) is 11.5. The summed E-state index contributed by atoms with van der Waals surface area (Å²) in [5, 5.41) is 1.82. The molecule has 0 aromatic rings. The molecule has 0 aliphatic rings. The summed E-state index contributed by atoms with van der Waals surface area (Å²) in [6.45, 7) is 0.736. The van der Waals surface area contributed by atoms with Gasteiger partial charge < -0.3 is 10.1 Å². The van der Waals surface area contributed by atoms with E-state index in [4.69, 9.17) is 4.74 Å². The highest BCUT2D eigenvalue weighted by Crippen LogP contribution is 2.13. The fraction of sp³-hybridized carbons (Fsp3) is 0.889. The van der Waals surface area contributed by atoms with Gasteiger partial charge in [0.05, 0.1) is 0 Å². The van der Waals surface area contributed by atoms with Crippen LogP contribution >= 0.6 is 0 Å². The number of halogens is 3. The molecular weight excluding hydrogens is 211 g/mol. The first-order valence-corrected chi connectivity index (χ1v) is 4.82. The van der Waals surface area contributed by atoms with Crippen LogP contribution in [0.3, 0.4) is 0 Å². The van der Waals surface area contributed by atoms with Gasteiger partial charge in [0.15, 0.2) is 0 Å². The predicted molar refractivity (Wildman–Crippen MR) is 49.4 cm³/mol. The van der Waals surface area contributed by atoms with Crippen molar-refractivity contribution in [3.05, 3.63) is 0 Å². The molecule has 3 nitrogen and oxygen atoms in total. The van der Waals surface area contributed by atoms with Crippen molar-refractivity contribution in [3.8, 4) is 0 Å². The Labute approximate surface area is 87.0 Å². The number of alkyl halides is 3. The van der Waals surface area contributed by atoms with E-state index >= 15 is 0 Å². The number of unbranched alkanes of at least 4 members (excludes halogenated alkanes) is 3. The third kappa shape index (κ3) is 8.23. The third-order valence-corrected chi connectivity index (χ3v) is 1.82. The first-order valence-electron chi connectivity index (χ1n) is 4.82. The van der Waals surface area contributed by atoms with E-state index in [1.54, 1.807) is 7.11 Å². The Morgan fingerprint density at radius 2 is 1.80 bits per heavy atom. The number of rotatable bonds is 7. The van der Waals surface area contributed by atoms with Crippen molar-refractivity contribution in [1.29, 1.82) is 0 Å². The second-order valence-electron chi connectivity index (χ2n) is 3.16. The molecule has 6 heteroatoms. The predicted octanol–water partition coefficient (Wildman–Crippen LogP) is 1.87. The molecule has 0 aliphatic heterocycles. The molecule has 0 fully saturated rings. The van der Waals surface area contributed by atoms with Gasteiger partial charge >= 0.3 is 12.1 Å². The molecule has 0 bridgehead atoms. The minimum Gasteiger partial charge on any atom is -0.385 e. The lowest BCUT2D eigenvalue weighted by atomic mass is 10.2. The maximum atomic E-state index is 11.7. The minimum absolute atomic E-state index is 0.0747. The lowest BCUT2D eigenvalue weighted by Gasteiger charge is -2.07. The van der Waals surface area contributed by atoms with Crippen LogP contribution in [-0.2, 0) is 9.53 Å². The number of ether oxygens (including phenoxy) is 1. The SMILES string of the molecule is COCCCCCCNC(=O)C(F)(F)F. The molecule has 0 aliphatic carbocycles. The topological polar surface area (TPSA) is 38.3 Å². The Kier molecular flexibility index (Phi) is 7.11. The molecule has 1 N–H and O–H groups in total. The molecule has 0 saturated carbocycles. The van der Waals surface area contributed by atoms with Gasteiger partial charge in [-0.1, -0.05) is 12.8 Å². The summed E-state index contributed by atoms with van der Waals surface area (Å²) in [5.41, 5.74) is 0. The Morgan fingerprint density at radius 1 is 1.20 bits per heavy atom. The van der Waals surface area contributed by atoms with Crippen molar-refractivity contribution in [2.75, 3.05) is 20.3 Å². The summed E-state index contributed by atoms with van der Waals surface area (Å²) in [6, 6.07) is 0. The second-order valence-corrected chi connectivity index (χ2v) is 3.16. The zero-order chi connectivity index (χ0) is 11.7. The van der Waals surface area contributed by atoms with Crippen LogP contribution in [0.15, 0.2) is 0 Å². The van der Waals surface area contributed by atoms with Gasteiger partial charge in [0.25, 0.3) is 0 Å². The van der Waals surface area contributed by atoms with Crippen molar-refractivity contribution in [3.63, 3.8) is 0 Å². The molecule has 0 atom stereocenters. The standard InChI is InChI=1S/C9H16F3NO2/c1-15-7-5-3-2-4-6-13-8(14)9(10,11)12/h2-7H2,1H3,(H,13,14). The van der Waals surface area contributed by atoms with Gasteiger partial charge in [-0.15, -0.1) is 0 Å². The van der Waals surface area contributed by atoms with Gasteiger partial charge in [0.2, 0.25) is 0 Å². The summed E-state index contributed by atoms with van der Waals surface area (Å²) in [5.74, 6) is -1.86. The first-order chi connectivity index (χ1) is 6.98. The molecule has 90 valence electrons. The van der Waals surface area contributed by atoms with Crippen LogP contribution in [0.1, 0.15) is 25.7 Å². The van der Waals surface area contributed by atoms with Crippen LogP contribution in [0.5, 0.6) is 0 Å². The average Bonchev–Trinajstić information content (AvgIpc) is 2.14. The number of hydrogen-bond donors (Lipinski definition) is 1. The fourth-order valence-electron chi connectivity index (χ4n) is 1.03. The van der Waals surface area contributed by atoms with E-state index in [0.29, 0.717) is 13.0 Å². The number of carbonyl (C=O) groups excluding carboxylic acids is 1. The van der Waals surface area contributed by atoms with E-state index in [2.05, 4.69) is 0 Å². The van der Waals surface area contributed by atoms with Crippen molar-refractivity contribution < 1.29 is 22.7 Å². The molecule has 0 spiro atoms. The zero-order valence-electron chi connectivity index (χ0n) is 8.69. The smallest absolute Gasteiger partial charge is 0.385 e.